The topological polar surface area (TPSA) is 61.3 Å². The number of fused-ring (bicyclic) bond motifs is 1. The first-order chi connectivity index (χ1) is 11.2. The summed E-state index contributed by atoms with van der Waals surface area (Å²) in [5, 5.41) is 0. The van der Waals surface area contributed by atoms with E-state index >= 15 is 0 Å². The molecule has 23 heavy (non-hydrogen) atoms. The normalized spacial score (nSPS) is 10.5. The molecule has 3 rings (SSSR count). The molecule has 0 bridgehead atoms. The lowest BCUT2D eigenvalue weighted by atomic mass is 10.2. The Labute approximate surface area is 133 Å². The molecule has 0 aliphatic heterocycles. The number of aryl methyl sites for hydroxylation is 1. The number of hydrogen-bond donors (Lipinski definition) is 0. The van der Waals surface area contributed by atoms with Crippen molar-refractivity contribution in [2.75, 3.05) is 7.11 Å². The maximum Gasteiger partial charge on any atom is 0.338 e. The number of para-hydroxylation sites is 2. The standard InChI is InChI=1S/C18H16N2O3/c1-12-17(20-16-9-4-3-8-15(16)19-12)11-23-18(21)13-6-5-7-14(10-13)22-2/h3-10H,11H2,1-2H3. The Kier molecular flexibility index (Phi) is 4.19. The summed E-state index contributed by atoms with van der Waals surface area (Å²) in [5.74, 6) is 0.194. The Morgan fingerprint density at radius 3 is 2.52 bits per heavy atom. The average Bonchev–Trinajstić information content (AvgIpc) is 2.59. The van der Waals surface area contributed by atoms with Gasteiger partial charge in [0.2, 0.25) is 0 Å². The van der Waals surface area contributed by atoms with Gasteiger partial charge in [0, 0.05) is 0 Å². The molecule has 0 aliphatic carbocycles. The lowest BCUT2D eigenvalue weighted by Crippen LogP contribution is -2.08. The van der Waals surface area contributed by atoms with Gasteiger partial charge in [-0.1, -0.05) is 18.2 Å². The monoisotopic (exact) mass is 308 g/mol. The zero-order valence-electron chi connectivity index (χ0n) is 12.9. The Hall–Kier alpha value is -2.95. The van der Waals surface area contributed by atoms with E-state index in [9.17, 15) is 4.79 Å². The largest absolute Gasteiger partial charge is 0.497 e. The number of rotatable bonds is 4. The van der Waals surface area contributed by atoms with Crippen molar-refractivity contribution in [1.29, 1.82) is 0 Å². The Morgan fingerprint density at radius 1 is 1.04 bits per heavy atom. The maximum absolute atomic E-state index is 12.1. The van der Waals surface area contributed by atoms with Gasteiger partial charge in [-0.05, 0) is 37.3 Å². The van der Waals surface area contributed by atoms with Crippen LogP contribution in [0.3, 0.4) is 0 Å². The van der Waals surface area contributed by atoms with Crippen LogP contribution in [-0.4, -0.2) is 23.0 Å². The number of carbonyl (C=O) groups excluding carboxylic acids is 1. The number of aromatic nitrogens is 2. The van der Waals surface area contributed by atoms with E-state index in [0.29, 0.717) is 17.0 Å². The first kappa shape index (κ1) is 15.0. The molecule has 1 heterocycles. The Balaban J connectivity index is 1.77. The van der Waals surface area contributed by atoms with Crippen molar-refractivity contribution in [2.45, 2.75) is 13.5 Å². The molecular weight excluding hydrogens is 292 g/mol. The first-order valence-electron chi connectivity index (χ1n) is 7.21. The van der Waals surface area contributed by atoms with Crippen LogP contribution in [-0.2, 0) is 11.3 Å². The van der Waals surface area contributed by atoms with Gasteiger partial charge in [0.05, 0.1) is 35.1 Å². The maximum atomic E-state index is 12.1. The number of esters is 1. The molecule has 0 radical (unpaired) electrons. The SMILES string of the molecule is COc1cccc(C(=O)OCc2nc3ccccc3nc2C)c1. The van der Waals surface area contributed by atoms with Crippen LogP contribution in [0.1, 0.15) is 21.7 Å². The van der Waals surface area contributed by atoms with Gasteiger partial charge in [-0.2, -0.15) is 0 Å². The first-order valence-corrected chi connectivity index (χ1v) is 7.21. The molecule has 0 fully saturated rings. The quantitative estimate of drug-likeness (QED) is 0.692. The minimum Gasteiger partial charge on any atom is -0.497 e. The van der Waals surface area contributed by atoms with Crippen molar-refractivity contribution in [2.24, 2.45) is 0 Å². The fraction of sp³-hybridized carbons (Fsp3) is 0.167. The molecule has 5 nitrogen and oxygen atoms in total. The molecule has 0 N–H and O–H groups in total. The van der Waals surface area contributed by atoms with Gasteiger partial charge in [-0.3, -0.25) is 0 Å². The second-order valence-electron chi connectivity index (χ2n) is 5.05. The molecule has 0 saturated heterocycles. The number of hydrogen-bond acceptors (Lipinski definition) is 5. The van der Waals surface area contributed by atoms with E-state index in [1.165, 1.54) is 0 Å². The van der Waals surface area contributed by atoms with Crippen LogP contribution >= 0.6 is 0 Å². The van der Waals surface area contributed by atoms with Crippen LogP contribution in [0, 0.1) is 6.92 Å². The third-order valence-corrected chi connectivity index (χ3v) is 3.49. The zero-order valence-corrected chi connectivity index (χ0v) is 12.9. The molecule has 3 aromatic rings. The number of methoxy groups -OCH3 is 1. The van der Waals surface area contributed by atoms with E-state index in [4.69, 9.17) is 9.47 Å². The van der Waals surface area contributed by atoms with Gasteiger partial charge in [0.25, 0.3) is 0 Å². The summed E-state index contributed by atoms with van der Waals surface area (Å²) in [7, 11) is 1.55. The van der Waals surface area contributed by atoms with E-state index in [1.54, 1.807) is 31.4 Å². The molecule has 2 aromatic carbocycles. The summed E-state index contributed by atoms with van der Waals surface area (Å²) in [6.45, 7) is 1.94. The predicted molar refractivity (Wildman–Crippen MR) is 86.4 cm³/mol. The molecule has 0 amide bonds. The smallest absolute Gasteiger partial charge is 0.338 e. The Bertz CT molecular complexity index is 862. The third-order valence-electron chi connectivity index (χ3n) is 3.49. The second kappa shape index (κ2) is 6.44. The summed E-state index contributed by atoms with van der Waals surface area (Å²) in [6.07, 6.45) is 0. The van der Waals surface area contributed by atoms with Crippen LogP contribution in [0.15, 0.2) is 48.5 Å². The minimum atomic E-state index is -0.418. The van der Waals surface area contributed by atoms with E-state index in [2.05, 4.69) is 9.97 Å². The highest BCUT2D eigenvalue weighted by Crippen LogP contribution is 2.16. The van der Waals surface area contributed by atoms with E-state index in [-0.39, 0.29) is 6.61 Å². The minimum absolute atomic E-state index is 0.0830. The lowest BCUT2D eigenvalue weighted by Gasteiger charge is -2.08. The van der Waals surface area contributed by atoms with Crippen molar-refractivity contribution in [1.82, 2.24) is 9.97 Å². The summed E-state index contributed by atoms with van der Waals surface area (Å²) < 4.78 is 10.5. The van der Waals surface area contributed by atoms with Crippen molar-refractivity contribution >= 4 is 17.0 Å². The van der Waals surface area contributed by atoms with Gasteiger partial charge in [-0.25, -0.2) is 14.8 Å². The molecular formula is C18H16N2O3. The highest BCUT2D eigenvalue weighted by molar-refractivity contribution is 5.89. The number of benzene rings is 2. The molecule has 0 spiro atoms. The van der Waals surface area contributed by atoms with Gasteiger partial charge < -0.3 is 9.47 Å². The summed E-state index contributed by atoms with van der Waals surface area (Å²) in [6, 6.07) is 14.4. The highest BCUT2D eigenvalue weighted by Gasteiger charge is 2.11. The van der Waals surface area contributed by atoms with Crippen LogP contribution in [0.5, 0.6) is 5.75 Å². The van der Waals surface area contributed by atoms with Gasteiger partial charge in [-0.15, -0.1) is 0 Å². The fourth-order valence-electron chi connectivity index (χ4n) is 2.23. The van der Waals surface area contributed by atoms with E-state index in [0.717, 1.165) is 16.7 Å². The van der Waals surface area contributed by atoms with E-state index in [1.807, 2.05) is 31.2 Å². The van der Waals surface area contributed by atoms with Crippen LogP contribution < -0.4 is 4.74 Å². The molecule has 1 aromatic heterocycles. The predicted octanol–water partition coefficient (Wildman–Crippen LogP) is 3.30. The molecule has 116 valence electrons. The number of nitrogens with zero attached hydrogens (tertiary/aromatic N) is 2. The molecule has 0 unspecified atom stereocenters. The van der Waals surface area contributed by atoms with Crippen molar-refractivity contribution < 1.29 is 14.3 Å². The van der Waals surface area contributed by atoms with Gasteiger partial charge in [0.1, 0.15) is 12.4 Å². The lowest BCUT2D eigenvalue weighted by molar-refractivity contribution is 0.0466. The number of carbonyl (C=O) groups is 1. The molecule has 0 saturated carbocycles. The average molecular weight is 308 g/mol. The second-order valence-corrected chi connectivity index (χ2v) is 5.05. The van der Waals surface area contributed by atoms with Gasteiger partial charge >= 0.3 is 5.97 Å². The van der Waals surface area contributed by atoms with Crippen LogP contribution in [0.4, 0.5) is 0 Å². The Morgan fingerprint density at radius 2 is 1.78 bits per heavy atom. The summed E-state index contributed by atoms with van der Waals surface area (Å²) in [5.41, 5.74) is 3.45. The van der Waals surface area contributed by atoms with Crippen LogP contribution in [0.25, 0.3) is 11.0 Å². The fourth-order valence-corrected chi connectivity index (χ4v) is 2.23. The van der Waals surface area contributed by atoms with Crippen LogP contribution in [0.2, 0.25) is 0 Å². The van der Waals surface area contributed by atoms with Crippen molar-refractivity contribution in [3.63, 3.8) is 0 Å². The summed E-state index contributed by atoms with van der Waals surface area (Å²) >= 11 is 0. The number of ether oxygens (including phenoxy) is 2. The molecule has 0 aliphatic rings. The summed E-state index contributed by atoms with van der Waals surface area (Å²) in [4.78, 5) is 21.1. The molecule has 0 atom stereocenters. The molecule has 5 heteroatoms. The third kappa shape index (κ3) is 3.29. The highest BCUT2D eigenvalue weighted by atomic mass is 16.5. The van der Waals surface area contributed by atoms with Crippen molar-refractivity contribution in [3.8, 4) is 5.75 Å². The van der Waals surface area contributed by atoms with Crippen molar-refractivity contribution in [3.05, 3.63) is 65.5 Å². The van der Waals surface area contributed by atoms with Gasteiger partial charge in [0.15, 0.2) is 0 Å². The zero-order chi connectivity index (χ0) is 16.2. The van der Waals surface area contributed by atoms with E-state index < -0.39 is 5.97 Å².